The van der Waals surface area contributed by atoms with E-state index >= 15 is 0 Å². The molecule has 3 heterocycles. The minimum atomic E-state index is -0.347. The molecule has 4 N–H and O–H groups in total. The van der Waals surface area contributed by atoms with Gasteiger partial charge in [-0.05, 0) is 17.7 Å². The minimum absolute atomic E-state index is 0.251. The highest BCUT2D eigenvalue weighted by Gasteiger charge is 2.23. The monoisotopic (exact) mass is 398 g/mol. The van der Waals surface area contributed by atoms with Gasteiger partial charge in [-0.3, -0.25) is 9.59 Å². The number of rotatable bonds is 5. The summed E-state index contributed by atoms with van der Waals surface area (Å²) in [5.41, 5.74) is 7.56. The van der Waals surface area contributed by atoms with Gasteiger partial charge in [0.25, 0.3) is 11.8 Å². The van der Waals surface area contributed by atoms with E-state index in [2.05, 4.69) is 30.8 Å². The van der Waals surface area contributed by atoms with Crippen molar-refractivity contribution in [1.82, 2.24) is 25.7 Å². The second-order valence-corrected chi connectivity index (χ2v) is 6.99. The lowest BCUT2D eigenvalue weighted by atomic mass is 10.00. The smallest absolute Gasteiger partial charge is 0.272 e. The van der Waals surface area contributed by atoms with Crippen molar-refractivity contribution in [3.05, 3.63) is 77.4 Å². The number of imidazole rings is 1. The second kappa shape index (κ2) is 7.32. The normalized spacial score (nSPS) is 12.6. The molecule has 8 nitrogen and oxygen atoms in total. The highest BCUT2D eigenvalue weighted by molar-refractivity contribution is 6.18. The summed E-state index contributed by atoms with van der Waals surface area (Å²) in [6.45, 7) is 0.442. The molecule has 0 bridgehead atoms. The Labute approximate surface area is 171 Å². The van der Waals surface area contributed by atoms with Crippen LogP contribution in [0.2, 0.25) is 0 Å². The van der Waals surface area contributed by atoms with Crippen molar-refractivity contribution in [1.29, 1.82) is 0 Å². The quantitative estimate of drug-likeness (QED) is 0.414. The molecule has 0 unspecified atom stereocenters. The molecule has 0 saturated heterocycles. The number of nitrogens with one attached hydrogen (secondary N) is 4. The highest BCUT2D eigenvalue weighted by Crippen LogP contribution is 2.33. The van der Waals surface area contributed by atoms with Gasteiger partial charge in [-0.25, -0.2) is 10.4 Å². The lowest BCUT2D eigenvalue weighted by Gasteiger charge is -2.07. The number of amides is 2. The van der Waals surface area contributed by atoms with Crippen molar-refractivity contribution >= 4 is 28.9 Å². The Hall–Kier alpha value is -4.20. The molecule has 2 aromatic heterocycles. The number of carbonyl (C=O) groups excluding carboxylic acids is 2. The number of aromatic nitrogens is 3. The van der Waals surface area contributed by atoms with Crippen LogP contribution in [0.25, 0.3) is 22.2 Å². The maximum atomic E-state index is 12.7. The Morgan fingerprint density at radius 2 is 2.00 bits per heavy atom. The summed E-state index contributed by atoms with van der Waals surface area (Å²) in [5, 5.41) is 7.68. The summed E-state index contributed by atoms with van der Waals surface area (Å²) in [5.74, 6) is -0.598. The van der Waals surface area contributed by atoms with Crippen molar-refractivity contribution in [2.75, 3.05) is 6.54 Å². The molecule has 148 valence electrons. The highest BCUT2D eigenvalue weighted by atomic mass is 16.2. The third-order valence-electron chi connectivity index (χ3n) is 5.09. The van der Waals surface area contributed by atoms with Gasteiger partial charge < -0.3 is 15.3 Å². The second-order valence-electron chi connectivity index (χ2n) is 6.99. The van der Waals surface area contributed by atoms with E-state index in [0.29, 0.717) is 29.6 Å². The average molecular weight is 398 g/mol. The largest absolute Gasteiger partial charge is 0.354 e. The molecule has 0 saturated carbocycles. The standard InChI is InChI=1S/C22H18N6O2/c29-21(24-7-6-15-10-23-12-25-15)14-8-16-19-17(11-26-28-22(16)30)20(27-18(19)9-14)13-4-2-1-3-5-13/h1-5,8-12,27H,6-7H2,(H,23,25)(H,24,29)(H,28,30). The first kappa shape index (κ1) is 17.9. The first-order chi connectivity index (χ1) is 14.7. The van der Waals surface area contributed by atoms with Gasteiger partial charge >= 0.3 is 0 Å². The fourth-order valence-corrected chi connectivity index (χ4v) is 3.68. The molecule has 0 spiro atoms. The fourth-order valence-electron chi connectivity index (χ4n) is 3.68. The van der Waals surface area contributed by atoms with Gasteiger partial charge in [0.15, 0.2) is 0 Å². The van der Waals surface area contributed by atoms with Gasteiger partial charge in [-0.2, -0.15) is 5.10 Å². The van der Waals surface area contributed by atoms with Crippen LogP contribution >= 0.6 is 0 Å². The van der Waals surface area contributed by atoms with Crippen LogP contribution < -0.4 is 10.7 Å². The number of hydrazone groups is 1. The minimum Gasteiger partial charge on any atom is -0.354 e. The molecular weight excluding hydrogens is 380 g/mol. The van der Waals surface area contributed by atoms with Crippen LogP contribution in [0.3, 0.4) is 0 Å². The lowest BCUT2D eigenvalue weighted by Crippen LogP contribution is -2.26. The number of benzene rings is 2. The van der Waals surface area contributed by atoms with E-state index in [4.69, 9.17) is 0 Å². The van der Waals surface area contributed by atoms with Crippen LogP contribution in [0.1, 0.15) is 32.0 Å². The molecule has 0 fully saturated rings. The summed E-state index contributed by atoms with van der Waals surface area (Å²) < 4.78 is 0. The summed E-state index contributed by atoms with van der Waals surface area (Å²) >= 11 is 0. The van der Waals surface area contributed by atoms with E-state index < -0.39 is 0 Å². The van der Waals surface area contributed by atoms with Gasteiger partial charge in [0, 0.05) is 41.2 Å². The Balaban J connectivity index is 1.53. The van der Waals surface area contributed by atoms with E-state index in [1.54, 1.807) is 30.9 Å². The Morgan fingerprint density at radius 1 is 1.13 bits per heavy atom. The first-order valence-corrected chi connectivity index (χ1v) is 9.55. The van der Waals surface area contributed by atoms with Gasteiger partial charge in [0.1, 0.15) is 0 Å². The number of aromatic amines is 2. The van der Waals surface area contributed by atoms with Crippen LogP contribution in [-0.4, -0.2) is 39.5 Å². The van der Waals surface area contributed by atoms with Crippen molar-refractivity contribution in [2.45, 2.75) is 6.42 Å². The number of hydrogen-bond acceptors (Lipinski definition) is 4. The molecule has 0 radical (unpaired) electrons. The molecule has 1 aliphatic heterocycles. The van der Waals surface area contributed by atoms with Crippen molar-refractivity contribution in [3.63, 3.8) is 0 Å². The average Bonchev–Trinajstić information content (AvgIpc) is 3.37. The zero-order valence-electron chi connectivity index (χ0n) is 15.9. The predicted molar refractivity (Wildman–Crippen MR) is 113 cm³/mol. The summed E-state index contributed by atoms with van der Waals surface area (Å²) in [6, 6.07) is 13.2. The van der Waals surface area contributed by atoms with Crippen LogP contribution in [0.15, 0.2) is 60.1 Å². The lowest BCUT2D eigenvalue weighted by molar-refractivity contribution is 0.0954. The molecule has 1 aliphatic rings. The number of H-pyrrole nitrogens is 2. The van der Waals surface area contributed by atoms with Crippen LogP contribution in [0.5, 0.6) is 0 Å². The van der Waals surface area contributed by atoms with Crippen molar-refractivity contribution in [2.24, 2.45) is 5.10 Å². The van der Waals surface area contributed by atoms with E-state index in [0.717, 1.165) is 27.9 Å². The molecule has 0 atom stereocenters. The third-order valence-corrected chi connectivity index (χ3v) is 5.09. The van der Waals surface area contributed by atoms with Crippen LogP contribution in [0.4, 0.5) is 0 Å². The van der Waals surface area contributed by atoms with Crippen molar-refractivity contribution < 1.29 is 9.59 Å². The molecule has 0 aliphatic carbocycles. The SMILES string of the molecule is O=C(NCCc1c[nH]cn1)c1cc2c3c(c(-c4ccccc4)[nH]c3c1)C=NNC2=O. The third kappa shape index (κ3) is 3.14. The summed E-state index contributed by atoms with van der Waals surface area (Å²) in [6.07, 6.45) is 5.65. The zero-order chi connectivity index (χ0) is 20.5. The molecule has 8 heteroatoms. The number of carbonyl (C=O) groups is 2. The molecule has 2 amide bonds. The molecule has 5 rings (SSSR count). The predicted octanol–water partition coefficient (Wildman–Crippen LogP) is 2.61. The van der Waals surface area contributed by atoms with E-state index in [-0.39, 0.29) is 11.8 Å². The number of hydrogen-bond donors (Lipinski definition) is 4. The maximum Gasteiger partial charge on any atom is 0.272 e. The topological polar surface area (TPSA) is 115 Å². The Bertz CT molecular complexity index is 1270. The van der Waals surface area contributed by atoms with E-state index in [9.17, 15) is 9.59 Å². The Kier molecular flexibility index (Phi) is 4.36. The van der Waals surface area contributed by atoms with Gasteiger partial charge in [0.05, 0.1) is 29.5 Å². The van der Waals surface area contributed by atoms with Crippen LogP contribution in [-0.2, 0) is 6.42 Å². The molecule has 2 aromatic carbocycles. The van der Waals surface area contributed by atoms with Gasteiger partial charge in [0.2, 0.25) is 0 Å². The summed E-state index contributed by atoms with van der Waals surface area (Å²) in [4.78, 5) is 35.7. The molecule has 4 aromatic rings. The fraction of sp³-hybridized carbons (Fsp3) is 0.0909. The molecular formula is C22H18N6O2. The maximum absolute atomic E-state index is 12.7. The van der Waals surface area contributed by atoms with Crippen molar-refractivity contribution in [3.8, 4) is 11.3 Å². The van der Waals surface area contributed by atoms with E-state index in [1.807, 2.05) is 30.3 Å². The van der Waals surface area contributed by atoms with Gasteiger partial charge in [-0.15, -0.1) is 0 Å². The number of nitrogens with zero attached hydrogens (tertiary/aromatic N) is 2. The van der Waals surface area contributed by atoms with E-state index in [1.165, 1.54) is 0 Å². The summed E-state index contributed by atoms with van der Waals surface area (Å²) in [7, 11) is 0. The van der Waals surface area contributed by atoms with Gasteiger partial charge in [-0.1, -0.05) is 30.3 Å². The van der Waals surface area contributed by atoms with Crippen LogP contribution in [0, 0.1) is 0 Å². The molecule has 30 heavy (non-hydrogen) atoms. The zero-order valence-corrected chi connectivity index (χ0v) is 15.9. The Morgan fingerprint density at radius 3 is 2.80 bits per heavy atom. The first-order valence-electron chi connectivity index (χ1n) is 9.55.